The third kappa shape index (κ3) is 5.34. The van der Waals surface area contributed by atoms with Crippen molar-refractivity contribution in [3.8, 4) is 11.5 Å². The largest absolute Gasteiger partial charge is 0.493 e. The highest BCUT2D eigenvalue weighted by Gasteiger charge is 2.17. The quantitative estimate of drug-likeness (QED) is 0.734. The molecule has 0 aromatic heterocycles. The molecule has 0 aliphatic rings. The lowest BCUT2D eigenvalue weighted by Crippen LogP contribution is -2.42. The summed E-state index contributed by atoms with van der Waals surface area (Å²) in [5, 5.41) is 0.195. The third-order valence-corrected chi connectivity index (χ3v) is 3.74. The lowest BCUT2D eigenvalue weighted by molar-refractivity contribution is 0.0844. The van der Waals surface area contributed by atoms with E-state index in [1.54, 1.807) is 0 Å². The van der Waals surface area contributed by atoms with Gasteiger partial charge in [-0.2, -0.15) is 0 Å². The monoisotopic (exact) mass is 394 g/mol. The molecular weight excluding hydrogens is 375 g/mol. The molecule has 2 aromatic carbocycles. The Morgan fingerprint density at radius 1 is 1.15 bits per heavy atom. The zero-order valence-electron chi connectivity index (χ0n) is 15.1. The van der Waals surface area contributed by atoms with Crippen molar-refractivity contribution in [2.45, 2.75) is 13.8 Å². The molecule has 0 aliphatic heterocycles. The molecule has 0 bridgehead atoms. The Balaban J connectivity index is 2.11. The molecule has 0 saturated heterocycles. The van der Waals surface area contributed by atoms with E-state index in [1.807, 2.05) is 13.8 Å². The van der Waals surface area contributed by atoms with E-state index in [9.17, 15) is 14.0 Å². The van der Waals surface area contributed by atoms with Crippen LogP contribution in [0.3, 0.4) is 0 Å². The van der Waals surface area contributed by atoms with Gasteiger partial charge in [-0.1, -0.05) is 37.6 Å². The van der Waals surface area contributed by atoms with E-state index >= 15 is 0 Å². The van der Waals surface area contributed by atoms with Crippen LogP contribution in [0.1, 0.15) is 34.6 Å². The van der Waals surface area contributed by atoms with Gasteiger partial charge >= 0.3 is 0 Å². The van der Waals surface area contributed by atoms with Gasteiger partial charge in [-0.3, -0.25) is 20.4 Å². The molecule has 0 aliphatic carbocycles. The van der Waals surface area contributed by atoms with Crippen LogP contribution in [0.5, 0.6) is 11.5 Å². The van der Waals surface area contributed by atoms with Crippen molar-refractivity contribution in [3.05, 3.63) is 58.4 Å². The summed E-state index contributed by atoms with van der Waals surface area (Å²) >= 11 is 6.20. The predicted molar refractivity (Wildman–Crippen MR) is 99.7 cm³/mol. The third-order valence-electron chi connectivity index (χ3n) is 3.46. The van der Waals surface area contributed by atoms with Gasteiger partial charge in [-0.05, 0) is 30.2 Å². The number of ether oxygens (including phenoxy) is 2. The highest BCUT2D eigenvalue weighted by atomic mass is 35.5. The Kier molecular flexibility index (Phi) is 7.01. The summed E-state index contributed by atoms with van der Waals surface area (Å²) in [7, 11) is 1.43. The van der Waals surface area contributed by atoms with Gasteiger partial charge in [0.2, 0.25) is 0 Å². The number of halogens is 2. The molecule has 0 spiro atoms. The number of amides is 2. The minimum absolute atomic E-state index is 0.141. The normalized spacial score (nSPS) is 10.4. The molecule has 0 heterocycles. The number of hydrazine groups is 1. The van der Waals surface area contributed by atoms with Crippen molar-refractivity contribution in [1.82, 2.24) is 10.9 Å². The van der Waals surface area contributed by atoms with Crippen molar-refractivity contribution in [2.24, 2.45) is 5.92 Å². The molecule has 2 aromatic rings. The fourth-order valence-electron chi connectivity index (χ4n) is 2.14. The van der Waals surface area contributed by atoms with Crippen LogP contribution in [0, 0.1) is 11.7 Å². The maximum atomic E-state index is 13.6. The summed E-state index contributed by atoms with van der Waals surface area (Å²) in [6, 6.07) is 8.26. The first-order valence-electron chi connectivity index (χ1n) is 8.19. The average molecular weight is 395 g/mol. The van der Waals surface area contributed by atoms with Crippen LogP contribution in [-0.4, -0.2) is 25.5 Å². The second-order valence-electron chi connectivity index (χ2n) is 6.08. The van der Waals surface area contributed by atoms with E-state index in [1.165, 1.54) is 37.4 Å². The fraction of sp³-hybridized carbons (Fsp3) is 0.263. The lowest BCUT2D eigenvalue weighted by Gasteiger charge is -2.15. The van der Waals surface area contributed by atoms with Crippen LogP contribution >= 0.6 is 11.6 Å². The van der Waals surface area contributed by atoms with Crippen LogP contribution in [0.15, 0.2) is 36.4 Å². The Morgan fingerprint density at radius 2 is 1.81 bits per heavy atom. The molecule has 2 amide bonds. The van der Waals surface area contributed by atoms with Gasteiger partial charge in [0.1, 0.15) is 5.82 Å². The molecule has 144 valence electrons. The molecule has 0 saturated carbocycles. The minimum Gasteiger partial charge on any atom is -0.493 e. The molecule has 0 fully saturated rings. The Morgan fingerprint density at radius 3 is 2.44 bits per heavy atom. The second kappa shape index (κ2) is 9.23. The van der Waals surface area contributed by atoms with Crippen molar-refractivity contribution in [1.29, 1.82) is 0 Å². The van der Waals surface area contributed by atoms with E-state index in [2.05, 4.69) is 10.9 Å². The van der Waals surface area contributed by atoms with Gasteiger partial charge in [0, 0.05) is 5.56 Å². The van der Waals surface area contributed by atoms with Crippen LogP contribution in [0.4, 0.5) is 4.39 Å². The van der Waals surface area contributed by atoms with Gasteiger partial charge in [0.25, 0.3) is 11.8 Å². The summed E-state index contributed by atoms with van der Waals surface area (Å²) in [5.41, 5.74) is 4.32. The maximum Gasteiger partial charge on any atom is 0.272 e. The number of hydrogen-bond donors (Lipinski definition) is 2. The molecule has 2 N–H and O–H groups in total. The number of benzene rings is 2. The first-order chi connectivity index (χ1) is 12.8. The fourth-order valence-corrected chi connectivity index (χ4v) is 2.40. The topological polar surface area (TPSA) is 76.7 Å². The molecule has 2 rings (SSSR count). The number of carbonyl (C=O) groups is 2. The number of nitrogens with one attached hydrogen (secondary N) is 2. The highest BCUT2D eigenvalue weighted by Crippen LogP contribution is 2.36. The molecular formula is C19H20ClFN2O4. The van der Waals surface area contributed by atoms with Gasteiger partial charge in [0.05, 0.1) is 24.3 Å². The molecule has 0 unspecified atom stereocenters. The zero-order valence-corrected chi connectivity index (χ0v) is 15.9. The Hall–Kier alpha value is -2.80. The first-order valence-corrected chi connectivity index (χ1v) is 8.56. The number of rotatable bonds is 6. The van der Waals surface area contributed by atoms with Crippen LogP contribution in [-0.2, 0) is 0 Å². The van der Waals surface area contributed by atoms with Crippen molar-refractivity contribution in [2.75, 3.05) is 13.7 Å². The van der Waals surface area contributed by atoms with E-state index in [0.29, 0.717) is 12.4 Å². The second-order valence-corrected chi connectivity index (χ2v) is 6.49. The van der Waals surface area contributed by atoms with Crippen molar-refractivity contribution < 1.29 is 23.5 Å². The smallest absolute Gasteiger partial charge is 0.272 e. The molecule has 0 radical (unpaired) electrons. The number of hydrogen-bond acceptors (Lipinski definition) is 4. The molecule has 27 heavy (non-hydrogen) atoms. The maximum absolute atomic E-state index is 13.6. The summed E-state index contributed by atoms with van der Waals surface area (Å²) in [6.07, 6.45) is 0. The zero-order chi connectivity index (χ0) is 20.0. The van der Waals surface area contributed by atoms with Crippen LogP contribution in [0.2, 0.25) is 5.02 Å². The number of methoxy groups -OCH3 is 1. The van der Waals surface area contributed by atoms with E-state index < -0.39 is 17.6 Å². The molecule has 6 nitrogen and oxygen atoms in total. The van der Waals surface area contributed by atoms with Crippen LogP contribution < -0.4 is 20.3 Å². The van der Waals surface area contributed by atoms with Gasteiger partial charge < -0.3 is 9.47 Å². The van der Waals surface area contributed by atoms with Gasteiger partial charge in [-0.15, -0.1) is 0 Å². The lowest BCUT2D eigenvalue weighted by atomic mass is 10.2. The standard InChI is InChI=1S/C19H20ClFN2O4/c1-11(2)10-27-17-14(20)8-12(9-16(17)26-3)18(24)22-23-19(25)13-6-4-5-7-15(13)21/h4-9,11H,10H2,1-3H3,(H,22,24)(H,23,25). The molecule has 8 heteroatoms. The van der Waals surface area contributed by atoms with E-state index in [4.69, 9.17) is 21.1 Å². The van der Waals surface area contributed by atoms with Crippen LogP contribution in [0.25, 0.3) is 0 Å². The van der Waals surface area contributed by atoms with Gasteiger partial charge in [-0.25, -0.2) is 4.39 Å². The summed E-state index contributed by atoms with van der Waals surface area (Å²) in [6.45, 7) is 4.40. The highest BCUT2D eigenvalue weighted by molar-refractivity contribution is 6.32. The average Bonchev–Trinajstić information content (AvgIpc) is 2.64. The van der Waals surface area contributed by atoms with E-state index in [-0.39, 0.29) is 27.8 Å². The summed E-state index contributed by atoms with van der Waals surface area (Å²) < 4.78 is 24.4. The first kappa shape index (κ1) is 20.5. The SMILES string of the molecule is COc1cc(C(=O)NNC(=O)c2ccccc2F)cc(Cl)c1OCC(C)C. The number of carbonyl (C=O) groups excluding carboxylic acids is 2. The summed E-state index contributed by atoms with van der Waals surface area (Å²) in [4.78, 5) is 24.2. The van der Waals surface area contributed by atoms with Crippen molar-refractivity contribution in [3.63, 3.8) is 0 Å². The summed E-state index contributed by atoms with van der Waals surface area (Å²) in [5.74, 6) is -1.22. The Labute approximate surface area is 161 Å². The Bertz CT molecular complexity index is 842. The van der Waals surface area contributed by atoms with Crippen molar-refractivity contribution >= 4 is 23.4 Å². The predicted octanol–water partition coefficient (Wildman–Crippen LogP) is 3.60. The minimum atomic E-state index is -0.781. The molecule has 0 atom stereocenters. The van der Waals surface area contributed by atoms with Gasteiger partial charge in [0.15, 0.2) is 11.5 Å². The van der Waals surface area contributed by atoms with E-state index in [0.717, 1.165) is 6.07 Å².